The van der Waals surface area contributed by atoms with Crippen LogP contribution in [0.25, 0.3) is 0 Å². The lowest BCUT2D eigenvalue weighted by Gasteiger charge is -2.35. The molecule has 7 nitrogen and oxygen atoms in total. The fourth-order valence-electron chi connectivity index (χ4n) is 3.61. The van der Waals surface area contributed by atoms with Gasteiger partial charge in [-0.2, -0.15) is 0 Å². The Balaban J connectivity index is 1.64. The smallest absolute Gasteiger partial charge is 0.322 e. The Morgan fingerprint density at radius 2 is 1.96 bits per heavy atom. The van der Waals surface area contributed by atoms with Crippen LogP contribution in [0.15, 0.2) is 24.3 Å². The first-order valence-corrected chi connectivity index (χ1v) is 9.81. The third-order valence-corrected chi connectivity index (χ3v) is 5.26. The van der Waals surface area contributed by atoms with E-state index in [1.807, 2.05) is 28.0 Å². The van der Waals surface area contributed by atoms with Gasteiger partial charge >= 0.3 is 6.03 Å². The second kappa shape index (κ2) is 9.19. The van der Waals surface area contributed by atoms with E-state index in [1.54, 1.807) is 6.07 Å². The molecule has 2 aliphatic rings. The maximum absolute atomic E-state index is 12.8. The van der Waals surface area contributed by atoms with E-state index in [9.17, 15) is 9.59 Å². The van der Waals surface area contributed by atoms with Crippen LogP contribution in [0.1, 0.15) is 30.1 Å². The number of morpholine rings is 1. The number of anilines is 1. The minimum atomic E-state index is -0.124. The van der Waals surface area contributed by atoms with Gasteiger partial charge in [0, 0.05) is 44.0 Å². The SMILES string of the molecule is CCC[C@@H]1COCCN1C(=O)Nc1cccc(C(=O)N2CCN(C)CC2)c1. The van der Waals surface area contributed by atoms with Crippen LogP contribution in [0.2, 0.25) is 0 Å². The van der Waals surface area contributed by atoms with Crippen molar-refractivity contribution in [2.75, 3.05) is 58.3 Å². The second-order valence-corrected chi connectivity index (χ2v) is 7.32. The van der Waals surface area contributed by atoms with Gasteiger partial charge in [0.2, 0.25) is 0 Å². The number of piperazine rings is 1. The number of urea groups is 1. The van der Waals surface area contributed by atoms with Gasteiger partial charge in [-0.05, 0) is 31.7 Å². The second-order valence-electron chi connectivity index (χ2n) is 7.32. The molecule has 0 aliphatic carbocycles. The van der Waals surface area contributed by atoms with Crippen molar-refractivity contribution in [1.82, 2.24) is 14.7 Å². The molecule has 7 heteroatoms. The zero-order valence-corrected chi connectivity index (χ0v) is 16.3. The Hall–Kier alpha value is -2.12. The predicted molar refractivity (Wildman–Crippen MR) is 105 cm³/mol. The van der Waals surface area contributed by atoms with Gasteiger partial charge in [-0.25, -0.2) is 4.79 Å². The van der Waals surface area contributed by atoms with Crippen LogP contribution in [-0.2, 0) is 4.74 Å². The van der Waals surface area contributed by atoms with E-state index < -0.39 is 0 Å². The highest BCUT2D eigenvalue weighted by Crippen LogP contribution is 2.17. The van der Waals surface area contributed by atoms with E-state index in [0.717, 1.165) is 39.0 Å². The quantitative estimate of drug-likeness (QED) is 0.877. The molecular formula is C20H30N4O3. The lowest BCUT2D eigenvalue weighted by Crippen LogP contribution is -2.50. The molecule has 1 aromatic carbocycles. The molecule has 3 rings (SSSR count). The van der Waals surface area contributed by atoms with Gasteiger partial charge in [0.25, 0.3) is 5.91 Å². The molecule has 0 unspecified atom stereocenters. The topological polar surface area (TPSA) is 65.1 Å². The summed E-state index contributed by atoms with van der Waals surface area (Å²) in [6.07, 6.45) is 1.93. The summed E-state index contributed by atoms with van der Waals surface area (Å²) in [7, 11) is 2.06. The van der Waals surface area contributed by atoms with E-state index in [4.69, 9.17) is 4.74 Å². The molecule has 148 valence electrons. The number of ether oxygens (including phenoxy) is 1. The first-order valence-electron chi connectivity index (χ1n) is 9.81. The van der Waals surface area contributed by atoms with E-state index >= 15 is 0 Å². The summed E-state index contributed by atoms with van der Waals surface area (Å²) in [5, 5.41) is 2.96. The summed E-state index contributed by atoms with van der Waals surface area (Å²) in [6, 6.07) is 7.22. The van der Waals surface area contributed by atoms with Crippen LogP contribution >= 0.6 is 0 Å². The number of carbonyl (C=O) groups excluding carboxylic acids is 2. The molecule has 0 radical (unpaired) electrons. The fourth-order valence-corrected chi connectivity index (χ4v) is 3.61. The average Bonchev–Trinajstić information content (AvgIpc) is 2.69. The Morgan fingerprint density at radius 1 is 1.19 bits per heavy atom. The third kappa shape index (κ3) is 4.99. The van der Waals surface area contributed by atoms with Crippen LogP contribution in [0, 0.1) is 0 Å². The Kier molecular flexibility index (Phi) is 6.68. The van der Waals surface area contributed by atoms with Crippen LogP contribution in [0.4, 0.5) is 10.5 Å². The van der Waals surface area contributed by atoms with Crippen molar-refractivity contribution in [1.29, 1.82) is 0 Å². The van der Waals surface area contributed by atoms with Crippen molar-refractivity contribution in [3.05, 3.63) is 29.8 Å². The average molecular weight is 374 g/mol. The van der Waals surface area contributed by atoms with Gasteiger partial charge < -0.3 is 24.8 Å². The zero-order valence-electron chi connectivity index (χ0n) is 16.3. The summed E-state index contributed by atoms with van der Waals surface area (Å²) in [6.45, 7) is 7.10. The highest BCUT2D eigenvalue weighted by Gasteiger charge is 2.27. The third-order valence-electron chi connectivity index (χ3n) is 5.26. The predicted octanol–water partition coefficient (Wildman–Crippen LogP) is 2.11. The van der Waals surface area contributed by atoms with Crippen molar-refractivity contribution in [2.45, 2.75) is 25.8 Å². The molecule has 0 bridgehead atoms. The molecule has 0 spiro atoms. The molecule has 2 aliphatic heterocycles. The van der Waals surface area contributed by atoms with Crippen molar-refractivity contribution < 1.29 is 14.3 Å². The van der Waals surface area contributed by atoms with Crippen LogP contribution in [-0.4, -0.2) is 85.7 Å². The molecule has 27 heavy (non-hydrogen) atoms. The zero-order chi connectivity index (χ0) is 19.2. The molecule has 2 heterocycles. The Bertz CT molecular complexity index is 656. The molecule has 0 aromatic heterocycles. The van der Waals surface area contributed by atoms with Crippen LogP contribution < -0.4 is 5.32 Å². The highest BCUT2D eigenvalue weighted by atomic mass is 16.5. The Labute approximate surface area is 161 Å². The summed E-state index contributed by atoms with van der Waals surface area (Å²) < 4.78 is 5.52. The monoisotopic (exact) mass is 374 g/mol. The number of hydrogen-bond acceptors (Lipinski definition) is 4. The summed E-state index contributed by atoms with van der Waals surface area (Å²) in [5.74, 6) is 0.0226. The molecular weight excluding hydrogens is 344 g/mol. The van der Waals surface area contributed by atoms with E-state index in [1.165, 1.54) is 0 Å². The van der Waals surface area contributed by atoms with Crippen molar-refractivity contribution in [3.8, 4) is 0 Å². The number of amides is 3. The molecule has 2 fully saturated rings. The number of hydrogen-bond donors (Lipinski definition) is 1. The maximum atomic E-state index is 12.8. The minimum Gasteiger partial charge on any atom is -0.377 e. The normalized spacial score (nSPS) is 21.2. The van der Waals surface area contributed by atoms with Crippen LogP contribution in [0.5, 0.6) is 0 Å². The lowest BCUT2D eigenvalue weighted by molar-refractivity contribution is 0.0125. The summed E-state index contributed by atoms with van der Waals surface area (Å²) in [5.41, 5.74) is 1.27. The molecule has 2 saturated heterocycles. The number of likely N-dealkylation sites (N-methyl/N-ethyl adjacent to an activating group) is 1. The molecule has 1 N–H and O–H groups in total. The van der Waals surface area contributed by atoms with Crippen molar-refractivity contribution >= 4 is 17.6 Å². The van der Waals surface area contributed by atoms with Gasteiger partial charge in [0.1, 0.15) is 0 Å². The number of nitrogens with zero attached hydrogens (tertiary/aromatic N) is 3. The number of rotatable bonds is 4. The highest BCUT2D eigenvalue weighted by molar-refractivity contribution is 5.97. The first-order chi connectivity index (χ1) is 13.1. The van der Waals surface area contributed by atoms with Gasteiger partial charge in [0.05, 0.1) is 19.3 Å². The fraction of sp³-hybridized carbons (Fsp3) is 0.600. The van der Waals surface area contributed by atoms with Gasteiger partial charge in [-0.15, -0.1) is 0 Å². The summed E-state index contributed by atoms with van der Waals surface area (Å²) in [4.78, 5) is 31.4. The van der Waals surface area contributed by atoms with E-state index in [0.29, 0.717) is 31.0 Å². The number of carbonyl (C=O) groups is 2. The van der Waals surface area contributed by atoms with E-state index in [2.05, 4.69) is 24.2 Å². The number of benzene rings is 1. The largest absolute Gasteiger partial charge is 0.377 e. The lowest BCUT2D eigenvalue weighted by atomic mass is 10.1. The van der Waals surface area contributed by atoms with Crippen molar-refractivity contribution in [2.24, 2.45) is 0 Å². The minimum absolute atomic E-state index is 0.0226. The standard InChI is InChI=1S/C20H30N4O3/c1-3-5-18-15-27-13-12-24(18)20(26)21-17-7-4-6-16(14-17)19(25)23-10-8-22(2)9-11-23/h4,6-7,14,18H,3,5,8-13,15H2,1-2H3,(H,21,26)/t18-/m1/s1. The maximum Gasteiger partial charge on any atom is 0.322 e. The first kappa shape index (κ1) is 19.6. The van der Waals surface area contributed by atoms with Crippen LogP contribution in [0.3, 0.4) is 0 Å². The Morgan fingerprint density at radius 3 is 2.70 bits per heavy atom. The summed E-state index contributed by atoms with van der Waals surface area (Å²) >= 11 is 0. The number of nitrogens with one attached hydrogen (secondary N) is 1. The molecule has 0 saturated carbocycles. The molecule has 3 amide bonds. The van der Waals surface area contributed by atoms with Gasteiger partial charge in [-0.3, -0.25) is 4.79 Å². The van der Waals surface area contributed by atoms with Gasteiger partial charge in [0.15, 0.2) is 0 Å². The van der Waals surface area contributed by atoms with Crippen molar-refractivity contribution in [3.63, 3.8) is 0 Å². The molecule has 1 atom stereocenters. The molecule has 1 aromatic rings. The van der Waals surface area contributed by atoms with E-state index in [-0.39, 0.29) is 18.0 Å². The van der Waals surface area contributed by atoms with Gasteiger partial charge in [-0.1, -0.05) is 19.4 Å².